The molecule has 2 heterocycles. The van der Waals surface area contributed by atoms with Crippen LogP contribution in [-0.2, 0) is 28.7 Å². The van der Waals surface area contributed by atoms with Gasteiger partial charge in [0.25, 0.3) is 0 Å². The summed E-state index contributed by atoms with van der Waals surface area (Å²) in [6, 6.07) is 17.0. The molecule has 4 fully saturated rings. The van der Waals surface area contributed by atoms with Gasteiger partial charge in [-0.05, 0) is 90.0 Å². The number of likely N-dealkylation sites (N-methyl/N-ethyl adjacent to an activating group) is 2. The van der Waals surface area contributed by atoms with E-state index >= 15 is 0 Å². The number of carbonyl (C=O) groups excluding carboxylic acids is 6. The molecule has 10 atom stereocenters. The Balaban J connectivity index is 1.04. The van der Waals surface area contributed by atoms with Gasteiger partial charge in [-0.2, -0.15) is 0 Å². The van der Waals surface area contributed by atoms with Crippen molar-refractivity contribution < 1.29 is 38.2 Å². The van der Waals surface area contributed by atoms with Crippen molar-refractivity contribution in [2.45, 2.75) is 37.9 Å². The normalized spacial score (nSPS) is 26.9. The summed E-state index contributed by atoms with van der Waals surface area (Å²) in [4.78, 5) is 97.3. The number of para-hydroxylation sites is 2. The molecule has 0 radical (unpaired) electrons. The van der Waals surface area contributed by atoms with Gasteiger partial charge in [-0.15, -0.1) is 0 Å². The van der Waals surface area contributed by atoms with Crippen LogP contribution in [0.4, 0.5) is 0 Å². The van der Waals surface area contributed by atoms with E-state index in [2.05, 4.69) is 25.9 Å². The maximum Gasteiger partial charge on any atom is 0.339 e. The highest BCUT2D eigenvalue weighted by Crippen LogP contribution is 2.56. The van der Waals surface area contributed by atoms with Crippen molar-refractivity contribution in [3.8, 4) is 0 Å². The largest absolute Gasteiger partial charge is 0.458 e. The van der Waals surface area contributed by atoms with Crippen molar-refractivity contribution in [2.75, 3.05) is 54.4 Å². The lowest BCUT2D eigenvalue weighted by Gasteiger charge is -2.36. The number of amides is 4. The highest BCUT2D eigenvalue weighted by molar-refractivity contribution is 6.31. The first kappa shape index (κ1) is 44.4. The molecule has 2 aromatic carbocycles. The summed E-state index contributed by atoms with van der Waals surface area (Å²) in [5.74, 6) is -8.69. The van der Waals surface area contributed by atoms with Crippen LogP contribution < -0.4 is 16.0 Å². The van der Waals surface area contributed by atoms with Crippen molar-refractivity contribution in [3.63, 3.8) is 0 Å². The quantitative estimate of drug-likeness (QED) is 0.0922. The third kappa shape index (κ3) is 9.11. The molecule has 4 bridgehead atoms. The summed E-state index contributed by atoms with van der Waals surface area (Å²) in [7, 11) is 7.55. The van der Waals surface area contributed by atoms with E-state index in [1.54, 1.807) is 48.5 Å². The fraction of sp³-hybridized carbons (Fsp3) is 0.478. The number of hydrogen-bond donors (Lipinski definition) is 3. The lowest BCUT2D eigenvalue weighted by molar-refractivity contribution is -0.147. The fourth-order valence-electron chi connectivity index (χ4n) is 10.7. The number of nitrogens with one attached hydrogen (secondary N) is 3. The molecule has 8 rings (SSSR count). The molecule has 0 spiro atoms. The summed E-state index contributed by atoms with van der Waals surface area (Å²) < 4.78 is 12.3. The molecular weight excluding hydrogens is 849 g/mol. The van der Waals surface area contributed by atoms with Gasteiger partial charge < -0.3 is 29.9 Å². The van der Waals surface area contributed by atoms with Crippen LogP contribution in [0, 0.1) is 47.3 Å². The topological polar surface area (TPSA) is 189 Å². The molecule has 332 valence electrons. The number of hydrogen-bond acceptors (Lipinski definition) is 12. The number of nitrogens with zero attached hydrogens (tertiary/aromatic N) is 4. The van der Waals surface area contributed by atoms with Gasteiger partial charge in [0.05, 0.1) is 45.8 Å². The number of rotatable bonds is 14. The third-order valence-corrected chi connectivity index (χ3v) is 13.8. The van der Waals surface area contributed by atoms with Gasteiger partial charge in [-0.1, -0.05) is 59.6 Å². The molecule has 17 heteroatoms. The zero-order valence-electron chi connectivity index (χ0n) is 35.5. The van der Waals surface area contributed by atoms with E-state index in [0.29, 0.717) is 73.7 Å². The molecule has 4 aliphatic rings. The van der Waals surface area contributed by atoms with Crippen LogP contribution in [0.5, 0.6) is 0 Å². The highest BCUT2D eigenvalue weighted by Gasteiger charge is 2.62. The van der Waals surface area contributed by atoms with Crippen LogP contribution >= 0.6 is 23.2 Å². The summed E-state index contributed by atoms with van der Waals surface area (Å²) in [5.41, 5.74) is 1.49. The zero-order chi connectivity index (χ0) is 44.7. The number of fused-ring (bicyclic) bond motifs is 6. The second kappa shape index (κ2) is 18.5. The van der Waals surface area contributed by atoms with Crippen LogP contribution in [-0.4, -0.2) is 122 Å². The van der Waals surface area contributed by atoms with Crippen LogP contribution in [0.1, 0.15) is 46.4 Å². The van der Waals surface area contributed by atoms with E-state index in [4.69, 9.17) is 32.7 Å². The van der Waals surface area contributed by atoms with Crippen LogP contribution in [0.25, 0.3) is 21.8 Å². The van der Waals surface area contributed by atoms with Crippen LogP contribution in [0.3, 0.4) is 0 Å². The first-order chi connectivity index (χ1) is 30.2. The Hall–Kier alpha value is -5.22. The highest BCUT2D eigenvalue weighted by atomic mass is 35.5. The lowest BCUT2D eigenvalue weighted by atomic mass is 9.75. The van der Waals surface area contributed by atoms with Crippen molar-refractivity contribution in [1.29, 1.82) is 0 Å². The second-order valence-electron chi connectivity index (χ2n) is 17.8. The molecule has 4 aliphatic carbocycles. The predicted octanol–water partition coefficient (Wildman–Crippen LogP) is 4.38. The smallest absolute Gasteiger partial charge is 0.339 e. The number of esters is 2. The molecule has 0 aliphatic heterocycles. The maximum atomic E-state index is 14.7. The monoisotopic (exact) mass is 899 g/mol. The van der Waals surface area contributed by atoms with Gasteiger partial charge >= 0.3 is 11.9 Å². The minimum absolute atomic E-state index is 0.122. The second-order valence-corrected chi connectivity index (χ2v) is 18.6. The van der Waals surface area contributed by atoms with Crippen molar-refractivity contribution >= 4 is 80.6 Å². The van der Waals surface area contributed by atoms with Crippen molar-refractivity contribution in [1.82, 2.24) is 35.7 Å². The Kier molecular flexibility index (Phi) is 13.0. The summed E-state index contributed by atoms with van der Waals surface area (Å²) in [6.45, 7) is 1.84. The van der Waals surface area contributed by atoms with E-state index in [0.717, 1.165) is 0 Å². The molecule has 4 aromatic rings. The Morgan fingerprint density at radius 1 is 0.587 bits per heavy atom. The molecule has 10 unspecified atom stereocenters. The number of aromatic nitrogens is 2. The van der Waals surface area contributed by atoms with Gasteiger partial charge in [-0.25, -0.2) is 19.6 Å². The number of halogens is 2. The van der Waals surface area contributed by atoms with E-state index in [1.165, 1.54) is 12.1 Å². The molecule has 15 nitrogen and oxygen atoms in total. The lowest BCUT2D eigenvalue weighted by Crippen LogP contribution is -2.54. The van der Waals surface area contributed by atoms with Crippen molar-refractivity contribution in [3.05, 3.63) is 82.1 Å². The van der Waals surface area contributed by atoms with Crippen LogP contribution in [0.2, 0.25) is 10.3 Å². The predicted molar refractivity (Wildman–Crippen MR) is 235 cm³/mol. The van der Waals surface area contributed by atoms with E-state index < -0.39 is 71.5 Å². The average Bonchev–Trinajstić information content (AvgIpc) is 4.02. The number of ether oxygens (including phenoxy) is 2. The molecular formula is C46H51Cl2N7O8. The molecule has 2 aromatic heterocycles. The summed E-state index contributed by atoms with van der Waals surface area (Å²) >= 11 is 12.6. The number of pyridine rings is 2. The van der Waals surface area contributed by atoms with Crippen LogP contribution in [0.15, 0.2) is 60.7 Å². The average molecular weight is 901 g/mol. The minimum Gasteiger partial charge on any atom is -0.458 e. The minimum atomic E-state index is -1.02. The third-order valence-electron chi connectivity index (χ3n) is 13.4. The Morgan fingerprint density at radius 2 is 0.984 bits per heavy atom. The van der Waals surface area contributed by atoms with Gasteiger partial charge in [0.1, 0.15) is 22.5 Å². The zero-order valence-corrected chi connectivity index (χ0v) is 37.0. The van der Waals surface area contributed by atoms with Gasteiger partial charge in [0.15, 0.2) is 0 Å². The fourth-order valence-corrected chi connectivity index (χ4v) is 11.1. The molecule has 63 heavy (non-hydrogen) atoms. The molecule has 0 saturated heterocycles. The van der Waals surface area contributed by atoms with Gasteiger partial charge in [0.2, 0.25) is 23.6 Å². The Bertz CT molecular complexity index is 2300. The summed E-state index contributed by atoms with van der Waals surface area (Å²) in [6.07, 6.45) is 0.0788. The maximum absolute atomic E-state index is 14.7. The molecule has 4 saturated carbocycles. The standard InChI is InChI=1S/C46H51Cl2N7O8/c1-54(2)15-13-49-41(56)37-23-17-29(33(19-23)62-45(60)27-21-35(47)51-31-11-7-5-9-25(27)31)39(37)43(58)53-44(59)40-30-18-24(38(40)42(57)50-14-16-55(3)4)20-34(30)63-46(61)28-22-36(48)52-32-12-8-6-10-26(28)32/h5-12,21-24,29-30,33-34,37-40H,13-20H2,1-4H3,(H,49,56)(H,50,57)(H,53,58,59). The van der Waals surface area contributed by atoms with Gasteiger partial charge in [-0.3, -0.25) is 24.5 Å². The number of imide groups is 1. The number of benzene rings is 2. The SMILES string of the molecule is CN(C)CCNC(=O)C1C2CC(OC(=O)c3cc(Cl)nc4ccccc34)C(C2)C1C(=O)NC(=O)C1C2CC(CC2OC(=O)c2cc(Cl)nc3ccccc23)C1C(=O)NCCN(C)C. The molecule has 4 amide bonds. The van der Waals surface area contributed by atoms with E-state index in [9.17, 15) is 28.8 Å². The summed E-state index contributed by atoms with van der Waals surface area (Å²) in [5, 5.41) is 9.94. The van der Waals surface area contributed by atoms with Crippen molar-refractivity contribution in [2.24, 2.45) is 47.3 Å². The molecule has 3 N–H and O–H groups in total. The Morgan fingerprint density at radius 3 is 1.38 bits per heavy atom. The number of carbonyl (C=O) groups is 6. The first-order valence-corrected chi connectivity index (χ1v) is 22.2. The van der Waals surface area contributed by atoms with E-state index in [1.807, 2.05) is 38.0 Å². The van der Waals surface area contributed by atoms with E-state index in [-0.39, 0.29) is 45.1 Å². The Labute approximate surface area is 374 Å². The first-order valence-electron chi connectivity index (χ1n) is 21.4. The van der Waals surface area contributed by atoms with Gasteiger partial charge in [0, 0.05) is 48.8 Å².